The van der Waals surface area contributed by atoms with Crippen LogP contribution in [0.2, 0.25) is 0 Å². The Morgan fingerprint density at radius 3 is 3.21 bits per heavy atom. The molecule has 0 spiro atoms. The van der Waals surface area contributed by atoms with Gasteiger partial charge in [0.15, 0.2) is 0 Å². The maximum atomic E-state index is 5.64. The van der Waals surface area contributed by atoms with E-state index in [0.717, 1.165) is 49.4 Å². The molecule has 100 valence electrons. The summed E-state index contributed by atoms with van der Waals surface area (Å²) < 4.78 is 5.64. The van der Waals surface area contributed by atoms with Crippen molar-refractivity contribution in [3.63, 3.8) is 0 Å². The first-order valence-electron chi connectivity index (χ1n) is 6.82. The van der Waals surface area contributed by atoms with E-state index in [2.05, 4.69) is 39.8 Å². The van der Waals surface area contributed by atoms with Crippen LogP contribution in [0.1, 0.15) is 17.7 Å². The standard InChI is InChI=1S/C15H19N3O/c1-16-7-6-13-10-14(18-17-13)11-4-5-15-12(9-11)3-2-8-19-15/h4-5,9-10,16H,2-3,6-8H2,1H3,(H,17,18). The third-order valence-electron chi connectivity index (χ3n) is 3.48. The minimum atomic E-state index is 0.836. The summed E-state index contributed by atoms with van der Waals surface area (Å²) >= 11 is 0. The minimum absolute atomic E-state index is 0.836. The Bertz CT molecular complexity index is 562. The largest absolute Gasteiger partial charge is 0.493 e. The second-order valence-electron chi connectivity index (χ2n) is 4.91. The molecule has 2 aromatic rings. The van der Waals surface area contributed by atoms with Crippen molar-refractivity contribution in [2.24, 2.45) is 0 Å². The lowest BCUT2D eigenvalue weighted by atomic mass is 10.0. The highest BCUT2D eigenvalue weighted by molar-refractivity contribution is 5.62. The second kappa shape index (κ2) is 5.45. The molecular formula is C15H19N3O. The molecule has 0 fully saturated rings. The molecule has 0 amide bonds. The Morgan fingerprint density at radius 1 is 1.37 bits per heavy atom. The number of aromatic amines is 1. The average molecular weight is 257 g/mol. The zero-order valence-corrected chi connectivity index (χ0v) is 11.2. The van der Waals surface area contributed by atoms with Crippen molar-refractivity contribution in [2.45, 2.75) is 19.3 Å². The molecule has 2 N–H and O–H groups in total. The summed E-state index contributed by atoms with van der Waals surface area (Å²) in [6.45, 7) is 1.79. The normalized spacial score (nSPS) is 13.9. The van der Waals surface area contributed by atoms with Crippen molar-refractivity contribution < 1.29 is 4.74 Å². The van der Waals surface area contributed by atoms with Crippen molar-refractivity contribution in [3.8, 4) is 17.0 Å². The van der Waals surface area contributed by atoms with E-state index >= 15 is 0 Å². The first-order valence-corrected chi connectivity index (χ1v) is 6.82. The molecule has 0 atom stereocenters. The predicted molar refractivity (Wildman–Crippen MR) is 75.5 cm³/mol. The van der Waals surface area contributed by atoms with Gasteiger partial charge >= 0.3 is 0 Å². The molecule has 0 aliphatic carbocycles. The zero-order chi connectivity index (χ0) is 13.1. The van der Waals surface area contributed by atoms with Gasteiger partial charge in [-0.3, -0.25) is 5.10 Å². The number of rotatable bonds is 4. The van der Waals surface area contributed by atoms with Gasteiger partial charge in [0.1, 0.15) is 5.75 Å². The molecule has 1 aromatic heterocycles. The maximum absolute atomic E-state index is 5.64. The second-order valence-corrected chi connectivity index (χ2v) is 4.91. The number of fused-ring (bicyclic) bond motifs is 1. The number of nitrogens with one attached hydrogen (secondary N) is 2. The quantitative estimate of drug-likeness (QED) is 0.882. The molecule has 4 heteroatoms. The molecule has 2 heterocycles. The van der Waals surface area contributed by atoms with Gasteiger partial charge in [-0.1, -0.05) is 0 Å². The van der Waals surface area contributed by atoms with Gasteiger partial charge in [-0.25, -0.2) is 0 Å². The smallest absolute Gasteiger partial charge is 0.122 e. The highest BCUT2D eigenvalue weighted by Gasteiger charge is 2.12. The number of ether oxygens (including phenoxy) is 1. The summed E-state index contributed by atoms with van der Waals surface area (Å²) in [7, 11) is 1.96. The Kier molecular flexibility index (Phi) is 3.51. The monoisotopic (exact) mass is 257 g/mol. The van der Waals surface area contributed by atoms with Crippen LogP contribution in [0.5, 0.6) is 5.75 Å². The van der Waals surface area contributed by atoms with Gasteiger partial charge in [-0.15, -0.1) is 0 Å². The molecule has 0 bridgehead atoms. The van der Waals surface area contributed by atoms with Gasteiger partial charge in [0, 0.05) is 24.2 Å². The number of likely N-dealkylation sites (N-methyl/N-ethyl adjacent to an activating group) is 1. The fourth-order valence-corrected chi connectivity index (χ4v) is 2.42. The van der Waals surface area contributed by atoms with E-state index in [1.54, 1.807) is 0 Å². The van der Waals surface area contributed by atoms with Crippen LogP contribution in [0, 0.1) is 0 Å². The van der Waals surface area contributed by atoms with Crippen molar-refractivity contribution in [2.75, 3.05) is 20.2 Å². The van der Waals surface area contributed by atoms with Crippen molar-refractivity contribution >= 4 is 0 Å². The Hall–Kier alpha value is -1.81. The van der Waals surface area contributed by atoms with Gasteiger partial charge in [0.05, 0.1) is 12.3 Å². The molecule has 0 radical (unpaired) electrons. The van der Waals surface area contributed by atoms with Crippen molar-refractivity contribution in [1.29, 1.82) is 0 Å². The number of aromatic nitrogens is 2. The third kappa shape index (κ3) is 2.63. The number of hydrogen-bond donors (Lipinski definition) is 2. The summed E-state index contributed by atoms with van der Waals surface area (Å²) in [6.07, 6.45) is 3.17. The van der Waals surface area contributed by atoms with Gasteiger partial charge < -0.3 is 10.1 Å². The summed E-state index contributed by atoms with van der Waals surface area (Å²) in [6, 6.07) is 8.48. The van der Waals surface area contributed by atoms with Crippen molar-refractivity contribution in [3.05, 3.63) is 35.5 Å². The fourth-order valence-electron chi connectivity index (χ4n) is 2.42. The number of benzene rings is 1. The first kappa shape index (κ1) is 12.2. The lowest BCUT2D eigenvalue weighted by Gasteiger charge is -2.17. The Balaban J connectivity index is 1.83. The molecule has 1 aromatic carbocycles. The first-order chi connectivity index (χ1) is 9.36. The van der Waals surface area contributed by atoms with E-state index in [1.165, 1.54) is 11.3 Å². The molecular weight excluding hydrogens is 238 g/mol. The van der Waals surface area contributed by atoms with Crippen LogP contribution in [0.15, 0.2) is 24.3 Å². The fraction of sp³-hybridized carbons (Fsp3) is 0.400. The van der Waals surface area contributed by atoms with E-state index in [1.807, 2.05) is 7.05 Å². The molecule has 3 rings (SSSR count). The molecule has 0 saturated carbocycles. The van der Waals surface area contributed by atoms with E-state index < -0.39 is 0 Å². The maximum Gasteiger partial charge on any atom is 0.122 e. The van der Waals surface area contributed by atoms with Crippen LogP contribution in [0.4, 0.5) is 0 Å². The molecule has 1 aliphatic heterocycles. The predicted octanol–water partition coefficient (Wildman–Crippen LogP) is 2.16. The molecule has 4 nitrogen and oxygen atoms in total. The van der Waals surface area contributed by atoms with E-state index in [-0.39, 0.29) is 0 Å². The highest BCUT2D eigenvalue weighted by atomic mass is 16.5. The van der Waals surface area contributed by atoms with Crippen LogP contribution in [0.3, 0.4) is 0 Å². The van der Waals surface area contributed by atoms with Crippen LogP contribution < -0.4 is 10.1 Å². The number of H-pyrrole nitrogens is 1. The average Bonchev–Trinajstić information content (AvgIpc) is 2.93. The van der Waals surface area contributed by atoms with E-state index in [9.17, 15) is 0 Å². The highest BCUT2D eigenvalue weighted by Crippen LogP contribution is 2.29. The number of nitrogens with zero attached hydrogens (tertiary/aromatic N) is 1. The Labute approximate surface area is 113 Å². The van der Waals surface area contributed by atoms with Gasteiger partial charge in [0.2, 0.25) is 0 Å². The lowest BCUT2D eigenvalue weighted by Crippen LogP contribution is -2.10. The molecule has 0 unspecified atom stereocenters. The van der Waals surface area contributed by atoms with E-state index in [0.29, 0.717) is 0 Å². The van der Waals surface area contributed by atoms with Crippen LogP contribution in [-0.2, 0) is 12.8 Å². The number of hydrogen-bond acceptors (Lipinski definition) is 3. The topological polar surface area (TPSA) is 49.9 Å². The van der Waals surface area contributed by atoms with Crippen LogP contribution in [-0.4, -0.2) is 30.4 Å². The molecule has 1 aliphatic rings. The Morgan fingerprint density at radius 2 is 2.32 bits per heavy atom. The van der Waals surface area contributed by atoms with Gasteiger partial charge in [-0.2, -0.15) is 5.10 Å². The van der Waals surface area contributed by atoms with Gasteiger partial charge in [0.25, 0.3) is 0 Å². The summed E-state index contributed by atoms with van der Waals surface area (Å²) in [5.74, 6) is 1.03. The zero-order valence-electron chi connectivity index (χ0n) is 11.2. The molecule has 19 heavy (non-hydrogen) atoms. The third-order valence-corrected chi connectivity index (χ3v) is 3.48. The summed E-state index contributed by atoms with van der Waals surface area (Å²) in [4.78, 5) is 0. The van der Waals surface area contributed by atoms with Crippen molar-refractivity contribution in [1.82, 2.24) is 15.5 Å². The van der Waals surface area contributed by atoms with E-state index in [4.69, 9.17) is 4.74 Å². The SMILES string of the molecule is CNCCc1cc(-c2ccc3c(c2)CCCO3)n[nH]1. The van der Waals surface area contributed by atoms with Crippen LogP contribution in [0.25, 0.3) is 11.3 Å². The summed E-state index contributed by atoms with van der Waals surface area (Å²) in [5, 5.41) is 10.6. The lowest BCUT2D eigenvalue weighted by molar-refractivity contribution is 0.288. The minimum Gasteiger partial charge on any atom is -0.493 e. The number of aryl methyl sites for hydroxylation is 1. The van der Waals surface area contributed by atoms with Crippen LogP contribution >= 0.6 is 0 Å². The van der Waals surface area contributed by atoms with Gasteiger partial charge in [-0.05, 0) is 49.7 Å². The summed E-state index contributed by atoms with van der Waals surface area (Å²) in [5.41, 5.74) is 4.64. The molecule has 0 saturated heterocycles.